The van der Waals surface area contributed by atoms with Gasteiger partial charge in [-0.3, -0.25) is 4.79 Å². The number of aliphatic hydroxyl groups is 5. The van der Waals surface area contributed by atoms with Crippen LogP contribution in [0.5, 0.6) is 0 Å². The minimum absolute atomic E-state index is 0.185. The maximum Gasteiger partial charge on any atom is 0.220 e. The molecule has 1 fully saturated rings. The lowest BCUT2D eigenvalue weighted by atomic mass is 9.99. The van der Waals surface area contributed by atoms with Crippen LogP contribution >= 0.6 is 0 Å². The number of carbonyl (C=O) groups excluding carboxylic acids is 1. The minimum Gasteiger partial charge on any atom is -0.394 e. The van der Waals surface area contributed by atoms with E-state index in [9.17, 15) is 30.3 Å². The van der Waals surface area contributed by atoms with Crippen molar-refractivity contribution in [2.75, 3.05) is 13.2 Å². The molecule has 1 amide bonds. The number of ether oxygens (including phenoxy) is 2. The molecule has 0 aromatic carbocycles. The molecule has 0 spiro atoms. The molecule has 1 aliphatic heterocycles. The Kier molecular flexibility index (Phi) is 62.9. The third kappa shape index (κ3) is 54.6. The number of amides is 1. The minimum atomic E-state index is -1.58. The molecule has 88 heavy (non-hydrogen) atoms. The van der Waals surface area contributed by atoms with Gasteiger partial charge in [0.2, 0.25) is 5.91 Å². The summed E-state index contributed by atoms with van der Waals surface area (Å²) >= 11 is 0. The van der Waals surface area contributed by atoms with Crippen LogP contribution in [0.3, 0.4) is 0 Å². The Morgan fingerprint density at radius 1 is 0.398 bits per heavy atom. The molecule has 0 aliphatic carbocycles. The first-order chi connectivity index (χ1) is 43.3. The summed E-state index contributed by atoms with van der Waals surface area (Å²) in [6.45, 7) is 3.68. The average molecular weight is 1230 g/mol. The summed E-state index contributed by atoms with van der Waals surface area (Å²) in [5.74, 6) is -0.185. The molecule has 1 rings (SSSR count). The van der Waals surface area contributed by atoms with Gasteiger partial charge in [-0.25, -0.2) is 0 Å². The zero-order valence-corrected chi connectivity index (χ0v) is 57.0. The Morgan fingerprint density at radius 3 is 1.09 bits per heavy atom. The van der Waals surface area contributed by atoms with Crippen molar-refractivity contribution >= 4 is 5.91 Å². The Bertz CT molecular complexity index is 1760. The van der Waals surface area contributed by atoms with Gasteiger partial charge in [-0.1, -0.05) is 342 Å². The molecule has 508 valence electrons. The lowest BCUT2D eigenvalue weighted by Gasteiger charge is -2.40. The monoisotopic (exact) mass is 1230 g/mol. The first-order valence-electron chi connectivity index (χ1n) is 37.1. The highest BCUT2D eigenvalue weighted by Gasteiger charge is 2.44. The predicted octanol–water partition coefficient (Wildman–Crippen LogP) is 20.8. The van der Waals surface area contributed by atoms with Gasteiger partial charge < -0.3 is 40.3 Å². The molecule has 9 heteroatoms. The van der Waals surface area contributed by atoms with E-state index >= 15 is 0 Å². The van der Waals surface area contributed by atoms with E-state index in [1.807, 2.05) is 6.08 Å². The topological polar surface area (TPSA) is 149 Å². The number of allylic oxidation sites excluding steroid dienone is 17. The van der Waals surface area contributed by atoms with Gasteiger partial charge in [-0.2, -0.15) is 0 Å². The zero-order chi connectivity index (χ0) is 63.5. The third-order valence-corrected chi connectivity index (χ3v) is 17.1. The summed E-state index contributed by atoms with van der Waals surface area (Å²) in [6, 6.07) is -0.828. The SMILES string of the molecule is CC/C=C\C/C=C\C/C=C\C/C=C\C/C=C\C/C=C\C/C=C\CCCCCCCCCCCCCCCCCCCC(=O)NC(COC1OC(CO)C(O)C(O)C1O)C(O)/C=C/CC/C=C/CCCCCCCCCCCCCCCCCCCCCC. The highest BCUT2D eigenvalue weighted by molar-refractivity contribution is 5.76. The second kappa shape index (κ2) is 66.8. The lowest BCUT2D eigenvalue weighted by Crippen LogP contribution is -2.60. The standard InChI is InChI=1S/C79H139NO8/c1-3-5-7-9-11-13-15-17-19-21-23-25-27-29-31-32-33-34-35-36-37-38-39-40-41-42-43-45-47-49-51-53-55-57-59-61-63-65-67-69-75(83)80-72(71-87-79-78(86)77(85)76(84)74(70-81)88-79)73(82)68-66-64-62-60-58-56-54-52-50-48-46-44-30-28-26-24-22-20-18-16-14-12-10-8-6-4-2/h5,7,11,13,17,19,23,25,29,31,33-34,36-37,58,60,66,68,72-74,76-79,81-82,84-86H,3-4,6,8-10,12,14-16,18,20-22,24,26-28,30,32,35,38-57,59,61-65,67,69-71H2,1-2H3,(H,80,83)/b7-5-,13-11-,19-17-,25-23-,31-29-,34-33-,37-36-,60-58+,68-66+. The Morgan fingerprint density at radius 2 is 0.716 bits per heavy atom. The number of unbranched alkanes of at least 4 members (excludes halogenated alkanes) is 38. The van der Waals surface area contributed by atoms with Gasteiger partial charge in [-0.15, -0.1) is 0 Å². The van der Waals surface area contributed by atoms with Crippen LogP contribution < -0.4 is 5.32 Å². The Balaban J connectivity index is 2.12. The summed E-state index contributed by atoms with van der Waals surface area (Å²) in [4.78, 5) is 13.1. The molecule has 0 aromatic heterocycles. The smallest absolute Gasteiger partial charge is 0.220 e. The molecule has 0 bridgehead atoms. The number of nitrogens with one attached hydrogen (secondary N) is 1. The van der Waals surface area contributed by atoms with E-state index in [-0.39, 0.29) is 12.5 Å². The molecular weight excluding hydrogens is 1090 g/mol. The molecule has 1 saturated heterocycles. The number of rotatable bonds is 64. The van der Waals surface area contributed by atoms with Gasteiger partial charge in [0.15, 0.2) is 6.29 Å². The normalized spacial score (nSPS) is 18.6. The highest BCUT2D eigenvalue weighted by atomic mass is 16.7. The Hall–Kier alpha value is -3.15. The molecule has 9 nitrogen and oxygen atoms in total. The van der Waals surface area contributed by atoms with Gasteiger partial charge in [0.25, 0.3) is 0 Å². The van der Waals surface area contributed by atoms with Crippen molar-refractivity contribution in [2.45, 2.75) is 371 Å². The quantitative estimate of drug-likeness (QED) is 0.0261. The molecule has 0 aromatic rings. The summed E-state index contributed by atoms with van der Waals surface area (Å²) in [7, 11) is 0. The van der Waals surface area contributed by atoms with Crippen molar-refractivity contribution in [1.82, 2.24) is 5.32 Å². The van der Waals surface area contributed by atoms with Crippen LogP contribution in [0.1, 0.15) is 328 Å². The van der Waals surface area contributed by atoms with E-state index in [1.165, 1.54) is 225 Å². The van der Waals surface area contributed by atoms with Crippen LogP contribution in [0.2, 0.25) is 0 Å². The molecule has 6 N–H and O–H groups in total. The lowest BCUT2D eigenvalue weighted by molar-refractivity contribution is -0.302. The van der Waals surface area contributed by atoms with E-state index in [0.29, 0.717) is 6.42 Å². The fraction of sp³-hybridized carbons (Fsp3) is 0.759. The number of aliphatic hydroxyl groups excluding tert-OH is 5. The van der Waals surface area contributed by atoms with Crippen LogP contribution in [-0.4, -0.2) is 87.5 Å². The fourth-order valence-electron chi connectivity index (χ4n) is 11.3. The van der Waals surface area contributed by atoms with E-state index in [4.69, 9.17) is 9.47 Å². The molecule has 7 atom stereocenters. The number of carbonyl (C=O) groups is 1. The molecule has 1 aliphatic rings. The van der Waals surface area contributed by atoms with Crippen molar-refractivity contribution in [1.29, 1.82) is 0 Å². The van der Waals surface area contributed by atoms with Crippen LogP contribution in [-0.2, 0) is 14.3 Å². The first-order valence-corrected chi connectivity index (χ1v) is 37.1. The van der Waals surface area contributed by atoms with E-state index < -0.39 is 49.5 Å². The fourth-order valence-corrected chi connectivity index (χ4v) is 11.3. The molecule has 7 unspecified atom stereocenters. The largest absolute Gasteiger partial charge is 0.394 e. The predicted molar refractivity (Wildman–Crippen MR) is 377 cm³/mol. The zero-order valence-electron chi connectivity index (χ0n) is 57.0. The van der Waals surface area contributed by atoms with Gasteiger partial charge in [0, 0.05) is 6.42 Å². The van der Waals surface area contributed by atoms with Crippen LogP contribution in [0, 0.1) is 0 Å². The number of hydrogen-bond acceptors (Lipinski definition) is 8. The van der Waals surface area contributed by atoms with Gasteiger partial charge >= 0.3 is 0 Å². The second-order valence-electron chi connectivity index (χ2n) is 25.3. The molecule has 1 heterocycles. The van der Waals surface area contributed by atoms with Crippen molar-refractivity contribution in [3.05, 3.63) is 109 Å². The van der Waals surface area contributed by atoms with E-state index in [2.05, 4.69) is 116 Å². The van der Waals surface area contributed by atoms with Gasteiger partial charge in [0.1, 0.15) is 24.4 Å². The second-order valence-corrected chi connectivity index (χ2v) is 25.3. The van der Waals surface area contributed by atoms with Crippen molar-refractivity contribution in [3.8, 4) is 0 Å². The van der Waals surface area contributed by atoms with Gasteiger partial charge in [-0.05, 0) is 89.9 Å². The Labute approximate surface area is 542 Å². The maximum atomic E-state index is 13.1. The molecule has 0 saturated carbocycles. The highest BCUT2D eigenvalue weighted by Crippen LogP contribution is 2.23. The third-order valence-electron chi connectivity index (χ3n) is 17.1. The van der Waals surface area contributed by atoms with Gasteiger partial charge in [0.05, 0.1) is 25.4 Å². The molecular formula is C79H139NO8. The summed E-state index contributed by atoms with van der Waals surface area (Å²) < 4.78 is 11.3. The van der Waals surface area contributed by atoms with Crippen LogP contribution in [0.25, 0.3) is 0 Å². The van der Waals surface area contributed by atoms with E-state index in [1.54, 1.807) is 6.08 Å². The average Bonchev–Trinajstić information content (AvgIpc) is 3.65. The van der Waals surface area contributed by atoms with E-state index in [0.717, 1.165) is 83.5 Å². The molecule has 0 radical (unpaired) electrons. The van der Waals surface area contributed by atoms with Crippen molar-refractivity contribution in [2.24, 2.45) is 0 Å². The van der Waals surface area contributed by atoms with Crippen molar-refractivity contribution in [3.63, 3.8) is 0 Å². The summed E-state index contributed by atoms with van der Waals surface area (Å²) in [5, 5.41) is 54.8. The van der Waals surface area contributed by atoms with Crippen LogP contribution in [0.15, 0.2) is 109 Å². The van der Waals surface area contributed by atoms with Crippen molar-refractivity contribution < 1.29 is 39.8 Å². The summed E-state index contributed by atoms with van der Waals surface area (Å²) in [5.41, 5.74) is 0. The summed E-state index contributed by atoms with van der Waals surface area (Å²) in [6.07, 6.45) is 92.1. The maximum absolute atomic E-state index is 13.1. The number of hydrogen-bond donors (Lipinski definition) is 6. The first kappa shape index (κ1) is 82.9. The van der Waals surface area contributed by atoms with Crippen LogP contribution in [0.4, 0.5) is 0 Å².